The maximum Gasteiger partial charge on any atom is 0.494 e. The maximum absolute atomic E-state index is 6.59. The molecule has 0 N–H and O–H groups in total. The van der Waals surface area contributed by atoms with Gasteiger partial charge >= 0.3 is 7.12 Å². The van der Waals surface area contributed by atoms with Crippen molar-refractivity contribution in [3.8, 4) is 0 Å². The van der Waals surface area contributed by atoms with Crippen LogP contribution < -0.4 is 10.4 Å². The lowest BCUT2D eigenvalue weighted by Crippen LogP contribution is -2.45. The van der Waals surface area contributed by atoms with Crippen molar-refractivity contribution in [1.29, 1.82) is 0 Å². The van der Waals surface area contributed by atoms with Crippen molar-refractivity contribution in [2.24, 2.45) is 0 Å². The molecule has 0 aliphatic carbocycles. The number of benzene rings is 3. The van der Waals surface area contributed by atoms with Crippen molar-refractivity contribution in [3.63, 3.8) is 0 Å². The first-order chi connectivity index (χ1) is 17.5. The van der Waals surface area contributed by atoms with Crippen LogP contribution in [-0.2, 0) is 25.6 Å². The summed E-state index contributed by atoms with van der Waals surface area (Å²) < 4.78 is 14.3. The molecule has 38 heavy (non-hydrogen) atoms. The molecule has 0 unspecified atom stereocenters. The molecular formula is C33H37BBrNO2. The molecule has 0 bridgehead atoms. The highest BCUT2D eigenvalue weighted by Crippen LogP contribution is 2.66. The van der Waals surface area contributed by atoms with Gasteiger partial charge in [0.1, 0.15) is 0 Å². The van der Waals surface area contributed by atoms with E-state index < -0.39 is 7.12 Å². The Morgan fingerprint density at radius 3 is 1.39 bits per heavy atom. The van der Waals surface area contributed by atoms with Gasteiger partial charge in [-0.15, -0.1) is 0 Å². The highest BCUT2D eigenvalue weighted by molar-refractivity contribution is 9.10. The number of rotatable bonds is 1. The molecule has 3 aromatic rings. The number of para-hydroxylation sites is 1. The van der Waals surface area contributed by atoms with Gasteiger partial charge in [-0.05, 0) is 78.7 Å². The number of hydrogen-bond acceptors (Lipinski definition) is 3. The van der Waals surface area contributed by atoms with Crippen molar-refractivity contribution in [1.82, 2.24) is 0 Å². The van der Waals surface area contributed by atoms with E-state index in [9.17, 15) is 0 Å². The summed E-state index contributed by atoms with van der Waals surface area (Å²) in [5.41, 5.74) is 12.1. The normalized spacial score (nSPS) is 23.3. The molecular weight excluding hydrogens is 533 g/mol. The monoisotopic (exact) mass is 569 g/mol. The Kier molecular flexibility index (Phi) is 4.57. The van der Waals surface area contributed by atoms with Crippen molar-refractivity contribution in [2.75, 3.05) is 4.90 Å². The van der Waals surface area contributed by atoms with E-state index in [2.05, 4.69) is 133 Å². The van der Waals surface area contributed by atoms with E-state index in [0.29, 0.717) is 0 Å². The van der Waals surface area contributed by atoms with E-state index in [4.69, 9.17) is 9.31 Å². The Morgan fingerprint density at radius 1 is 0.579 bits per heavy atom. The van der Waals surface area contributed by atoms with Gasteiger partial charge in [-0.2, -0.15) is 0 Å². The van der Waals surface area contributed by atoms with Crippen LogP contribution in [0.5, 0.6) is 0 Å². The summed E-state index contributed by atoms with van der Waals surface area (Å²) >= 11 is 3.89. The molecule has 1 fully saturated rings. The summed E-state index contributed by atoms with van der Waals surface area (Å²) in [6, 6.07) is 16.3. The van der Waals surface area contributed by atoms with Gasteiger partial charge < -0.3 is 14.2 Å². The second-order valence-corrected chi connectivity index (χ2v) is 15.2. The van der Waals surface area contributed by atoms with E-state index in [1.165, 1.54) is 50.4 Å². The molecule has 4 aliphatic rings. The number of anilines is 3. The summed E-state index contributed by atoms with van der Waals surface area (Å²) in [6.45, 7) is 22.8. The minimum Gasteiger partial charge on any atom is -0.399 e. The highest BCUT2D eigenvalue weighted by Gasteiger charge is 2.55. The van der Waals surface area contributed by atoms with Gasteiger partial charge in [-0.25, -0.2) is 0 Å². The van der Waals surface area contributed by atoms with Crippen LogP contribution in [0.15, 0.2) is 46.9 Å². The second-order valence-electron chi connectivity index (χ2n) is 14.3. The molecule has 0 atom stereocenters. The quantitative estimate of drug-likeness (QED) is 0.276. The molecule has 0 radical (unpaired) electrons. The van der Waals surface area contributed by atoms with E-state index in [-0.39, 0.29) is 27.4 Å². The molecule has 196 valence electrons. The summed E-state index contributed by atoms with van der Waals surface area (Å²) in [4.78, 5) is 2.60. The Hall–Kier alpha value is -2.08. The lowest BCUT2D eigenvalue weighted by Gasteiger charge is -2.55. The average Bonchev–Trinajstić information content (AvgIpc) is 3.04. The van der Waals surface area contributed by atoms with Crippen LogP contribution in [0.25, 0.3) is 0 Å². The topological polar surface area (TPSA) is 21.7 Å². The zero-order valence-electron chi connectivity index (χ0n) is 24.3. The zero-order valence-corrected chi connectivity index (χ0v) is 25.8. The molecule has 5 heteroatoms. The molecule has 3 aromatic carbocycles. The van der Waals surface area contributed by atoms with E-state index in [1.807, 2.05) is 0 Å². The van der Waals surface area contributed by atoms with E-state index >= 15 is 0 Å². The van der Waals surface area contributed by atoms with Crippen LogP contribution in [0, 0.1) is 0 Å². The van der Waals surface area contributed by atoms with Gasteiger partial charge in [0.2, 0.25) is 0 Å². The van der Waals surface area contributed by atoms with E-state index in [1.54, 1.807) is 0 Å². The van der Waals surface area contributed by atoms with Gasteiger partial charge in [-0.1, -0.05) is 87.8 Å². The average molecular weight is 570 g/mol. The van der Waals surface area contributed by atoms with Crippen LogP contribution >= 0.6 is 15.9 Å². The van der Waals surface area contributed by atoms with Crippen LogP contribution in [0.2, 0.25) is 0 Å². The predicted molar refractivity (Wildman–Crippen MR) is 161 cm³/mol. The minimum absolute atomic E-state index is 0.112. The number of hydrogen-bond donors (Lipinski definition) is 0. The molecule has 7 rings (SSSR count). The molecule has 0 amide bonds. The first-order valence-corrected chi connectivity index (χ1v) is 14.6. The SMILES string of the molecule is CC1(C)c2cccc3c2N2c4c1cc(Br)cc4C(C)(C)c1cc(B4OC(C)(C)C(C)(C)O4)cc(c12)C3(C)C. The number of nitrogens with zero attached hydrogens (tertiary/aromatic N) is 1. The third kappa shape index (κ3) is 2.78. The Morgan fingerprint density at radius 2 is 0.947 bits per heavy atom. The number of halogens is 1. The van der Waals surface area contributed by atoms with Gasteiger partial charge in [0.05, 0.1) is 28.3 Å². The van der Waals surface area contributed by atoms with Crippen molar-refractivity contribution < 1.29 is 9.31 Å². The molecule has 0 spiro atoms. The Bertz CT molecular complexity index is 1570. The smallest absolute Gasteiger partial charge is 0.399 e. The second kappa shape index (κ2) is 6.97. The fourth-order valence-electron chi connectivity index (χ4n) is 7.32. The van der Waals surface area contributed by atoms with Crippen LogP contribution in [0.3, 0.4) is 0 Å². The zero-order chi connectivity index (χ0) is 27.4. The first kappa shape index (κ1) is 24.9. The van der Waals surface area contributed by atoms with Crippen LogP contribution in [0.4, 0.5) is 17.1 Å². The summed E-state index contributed by atoms with van der Waals surface area (Å²) in [5.74, 6) is 0. The van der Waals surface area contributed by atoms with Gasteiger partial charge in [0.25, 0.3) is 0 Å². The predicted octanol–water partition coefficient (Wildman–Crippen LogP) is 8.14. The molecule has 4 heterocycles. The lowest BCUT2D eigenvalue weighted by molar-refractivity contribution is 0.00578. The van der Waals surface area contributed by atoms with Crippen LogP contribution in [-0.4, -0.2) is 18.3 Å². The summed E-state index contributed by atoms with van der Waals surface area (Å²) in [6.07, 6.45) is 0. The van der Waals surface area contributed by atoms with Gasteiger partial charge in [-0.3, -0.25) is 0 Å². The lowest BCUT2D eigenvalue weighted by atomic mass is 9.59. The third-order valence-corrected chi connectivity index (χ3v) is 10.9. The maximum atomic E-state index is 6.59. The molecule has 0 saturated carbocycles. The fraction of sp³-hybridized carbons (Fsp3) is 0.455. The van der Waals surface area contributed by atoms with Crippen LogP contribution in [0.1, 0.15) is 103 Å². The van der Waals surface area contributed by atoms with Gasteiger partial charge in [0.15, 0.2) is 0 Å². The Labute approximate surface area is 236 Å². The van der Waals surface area contributed by atoms with Crippen molar-refractivity contribution in [2.45, 2.75) is 96.7 Å². The molecule has 1 saturated heterocycles. The van der Waals surface area contributed by atoms with Crippen molar-refractivity contribution in [3.05, 3.63) is 80.3 Å². The summed E-state index contributed by atoms with van der Waals surface area (Å²) in [7, 11) is -0.402. The first-order valence-electron chi connectivity index (χ1n) is 13.8. The minimum atomic E-state index is -0.402. The van der Waals surface area contributed by atoms with Crippen molar-refractivity contribution >= 4 is 45.6 Å². The largest absolute Gasteiger partial charge is 0.494 e. The standard InChI is InChI=1S/C33H37BBrNO2/c1-29(2)20-12-11-13-21-26(20)36-27-22(29)14-18(34-37-32(7,8)33(9,10)38-34)15-23(27)31(5,6)25-17-19(35)16-24(28(25)36)30(21,3)4/h11-17H,1-10H3. The highest BCUT2D eigenvalue weighted by atomic mass is 79.9. The fourth-order valence-corrected chi connectivity index (χ4v) is 7.78. The molecule has 4 aliphatic heterocycles. The van der Waals surface area contributed by atoms with E-state index in [0.717, 1.165) is 9.94 Å². The third-order valence-electron chi connectivity index (χ3n) is 10.5. The molecule has 0 aromatic heterocycles. The van der Waals surface area contributed by atoms with Gasteiger partial charge in [0, 0.05) is 20.7 Å². The molecule has 3 nitrogen and oxygen atoms in total. The summed E-state index contributed by atoms with van der Waals surface area (Å²) in [5, 5.41) is 0. The Balaban J connectivity index is 1.59.